The SMILES string of the molecule is [2H]c1c(C)c([2H])c(-c2c(C)ccc3c2oc2c(-c4ccccc4)c([N+]#[C-])ccc23)[n+](C)c1C. The summed E-state index contributed by atoms with van der Waals surface area (Å²) in [6.07, 6.45) is 0. The van der Waals surface area contributed by atoms with Gasteiger partial charge in [-0.1, -0.05) is 54.6 Å². The van der Waals surface area contributed by atoms with Gasteiger partial charge in [0.15, 0.2) is 11.4 Å². The first-order chi connectivity index (χ1) is 15.8. The lowest BCUT2D eigenvalue weighted by atomic mass is 9.97. The molecule has 2 aromatic heterocycles. The van der Waals surface area contributed by atoms with Gasteiger partial charge in [0.05, 0.1) is 14.9 Å². The molecular weight excluding hydrogens is 380 g/mol. The molecule has 0 amide bonds. The Balaban J connectivity index is 1.96. The molecule has 3 aromatic carbocycles. The number of hydrogen-bond acceptors (Lipinski definition) is 1. The van der Waals surface area contributed by atoms with Crippen LogP contribution in [0.25, 0.3) is 49.2 Å². The van der Waals surface area contributed by atoms with E-state index in [4.69, 9.17) is 13.7 Å². The summed E-state index contributed by atoms with van der Waals surface area (Å²) in [6, 6.07) is 18.5. The zero-order valence-corrected chi connectivity index (χ0v) is 18.0. The monoisotopic (exact) mass is 405 g/mol. The third-order valence-corrected chi connectivity index (χ3v) is 5.93. The molecule has 0 spiro atoms. The van der Waals surface area contributed by atoms with Crippen molar-refractivity contribution in [3.8, 4) is 22.4 Å². The molecule has 0 N–H and O–H groups in total. The van der Waals surface area contributed by atoms with Gasteiger partial charge in [0.2, 0.25) is 5.69 Å². The van der Waals surface area contributed by atoms with Crippen LogP contribution in [0.1, 0.15) is 19.6 Å². The van der Waals surface area contributed by atoms with Crippen LogP contribution in [-0.4, -0.2) is 0 Å². The highest BCUT2D eigenvalue weighted by atomic mass is 16.3. The first kappa shape index (κ1) is 16.8. The summed E-state index contributed by atoms with van der Waals surface area (Å²) < 4.78 is 25.7. The smallest absolute Gasteiger partial charge is 0.216 e. The Morgan fingerprint density at radius 3 is 2.26 bits per heavy atom. The fraction of sp³-hybridized carbons (Fsp3) is 0.143. The maximum atomic E-state index is 8.84. The molecule has 150 valence electrons. The molecule has 0 bridgehead atoms. The van der Waals surface area contributed by atoms with Crippen molar-refractivity contribution in [1.29, 1.82) is 0 Å². The van der Waals surface area contributed by atoms with Crippen LogP contribution in [0.2, 0.25) is 0 Å². The average Bonchev–Trinajstić information content (AvgIpc) is 3.21. The first-order valence-electron chi connectivity index (χ1n) is 11.2. The summed E-state index contributed by atoms with van der Waals surface area (Å²) in [5, 5.41) is 1.89. The Bertz CT molecular complexity index is 1600. The van der Waals surface area contributed by atoms with E-state index in [1.165, 1.54) is 0 Å². The van der Waals surface area contributed by atoms with Crippen LogP contribution in [0.5, 0.6) is 0 Å². The van der Waals surface area contributed by atoms with Crippen LogP contribution in [0.4, 0.5) is 5.69 Å². The third kappa shape index (κ3) is 2.92. The van der Waals surface area contributed by atoms with Gasteiger partial charge in [-0.3, -0.25) is 0 Å². The molecule has 0 aliphatic heterocycles. The largest absolute Gasteiger partial charge is 0.456 e. The van der Waals surface area contributed by atoms with Gasteiger partial charge in [-0.2, -0.15) is 4.57 Å². The summed E-state index contributed by atoms with van der Waals surface area (Å²) in [4.78, 5) is 3.76. The Labute approximate surface area is 184 Å². The highest BCUT2D eigenvalue weighted by Crippen LogP contribution is 2.44. The maximum Gasteiger partial charge on any atom is 0.216 e. The van der Waals surface area contributed by atoms with Crippen LogP contribution in [0.3, 0.4) is 0 Å². The maximum absolute atomic E-state index is 8.84. The fourth-order valence-corrected chi connectivity index (χ4v) is 4.31. The summed E-state index contributed by atoms with van der Waals surface area (Å²) in [5.74, 6) is 0. The van der Waals surface area contributed by atoms with Gasteiger partial charge < -0.3 is 4.42 Å². The van der Waals surface area contributed by atoms with E-state index in [1.807, 2.05) is 74.9 Å². The Kier molecular flexibility index (Phi) is 3.86. The number of furan rings is 1. The fourth-order valence-electron chi connectivity index (χ4n) is 4.31. The molecule has 0 atom stereocenters. The topological polar surface area (TPSA) is 21.4 Å². The lowest BCUT2D eigenvalue weighted by Crippen LogP contribution is -2.35. The van der Waals surface area contributed by atoms with Crippen LogP contribution in [0, 0.1) is 27.3 Å². The van der Waals surface area contributed by atoms with Gasteiger partial charge in [-0.05, 0) is 30.5 Å². The van der Waals surface area contributed by atoms with E-state index in [1.54, 1.807) is 0 Å². The third-order valence-electron chi connectivity index (χ3n) is 5.93. The normalized spacial score (nSPS) is 12.1. The van der Waals surface area contributed by atoms with E-state index in [-0.39, 0.29) is 0 Å². The van der Waals surface area contributed by atoms with Gasteiger partial charge in [0, 0.05) is 35.3 Å². The average molecular weight is 406 g/mol. The second-order valence-electron chi connectivity index (χ2n) is 7.92. The Hall–Kier alpha value is -3.90. The lowest BCUT2D eigenvalue weighted by Gasteiger charge is -2.08. The number of aromatic nitrogens is 1. The van der Waals surface area contributed by atoms with Crippen molar-refractivity contribution in [1.82, 2.24) is 0 Å². The van der Waals surface area contributed by atoms with Crippen LogP contribution >= 0.6 is 0 Å². The molecule has 0 aliphatic carbocycles. The molecule has 0 saturated carbocycles. The minimum absolute atomic E-state index is 0.328. The minimum Gasteiger partial charge on any atom is -0.456 e. The van der Waals surface area contributed by atoms with Crippen molar-refractivity contribution in [3.05, 3.63) is 94.9 Å². The molecule has 0 radical (unpaired) electrons. The summed E-state index contributed by atoms with van der Waals surface area (Å²) in [5.41, 5.74) is 7.66. The molecule has 0 aliphatic rings. The number of benzene rings is 3. The number of aryl methyl sites for hydroxylation is 1. The first-order valence-corrected chi connectivity index (χ1v) is 10.2. The molecule has 31 heavy (non-hydrogen) atoms. The molecule has 0 saturated heterocycles. The van der Waals surface area contributed by atoms with E-state index >= 15 is 0 Å². The lowest BCUT2D eigenvalue weighted by molar-refractivity contribution is -0.666. The number of pyridine rings is 1. The molecule has 0 fully saturated rings. The predicted molar refractivity (Wildman–Crippen MR) is 126 cm³/mol. The molecule has 5 rings (SSSR count). The van der Waals surface area contributed by atoms with Crippen molar-refractivity contribution in [3.63, 3.8) is 0 Å². The quantitative estimate of drug-likeness (QED) is 0.224. The van der Waals surface area contributed by atoms with Crippen molar-refractivity contribution in [2.24, 2.45) is 7.05 Å². The van der Waals surface area contributed by atoms with E-state index < -0.39 is 0 Å². The van der Waals surface area contributed by atoms with Gasteiger partial charge in [-0.25, -0.2) is 4.85 Å². The zero-order valence-electron chi connectivity index (χ0n) is 20.0. The van der Waals surface area contributed by atoms with Gasteiger partial charge in [0.1, 0.15) is 18.2 Å². The van der Waals surface area contributed by atoms with Crippen molar-refractivity contribution in [2.45, 2.75) is 20.8 Å². The molecule has 0 unspecified atom stereocenters. The molecule has 3 heteroatoms. The number of nitrogens with zero attached hydrogens (tertiary/aromatic N) is 2. The predicted octanol–water partition coefficient (Wildman–Crippen LogP) is 7.22. The van der Waals surface area contributed by atoms with Crippen molar-refractivity contribution >= 4 is 27.6 Å². The van der Waals surface area contributed by atoms with Crippen molar-refractivity contribution in [2.75, 3.05) is 0 Å². The number of hydrogen-bond donors (Lipinski definition) is 0. The second-order valence-corrected chi connectivity index (χ2v) is 7.92. The zero-order chi connectivity index (χ0) is 23.4. The summed E-state index contributed by atoms with van der Waals surface area (Å²) in [6.45, 7) is 13.5. The van der Waals surface area contributed by atoms with Crippen LogP contribution in [-0.2, 0) is 7.05 Å². The Morgan fingerprint density at radius 2 is 1.55 bits per heavy atom. The highest BCUT2D eigenvalue weighted by Gasteiger charge is 2.24. The second kappa shape index (κ2) is 7.11. The molecule has 2 heterocycles. The summed E-state index contributed by atoms with van der Waals surface area (Å²) in [7, 11) is 1.90. The molecule has 5 aromatic rings. The number of rotatable bonds is 2. The summed E-state index contributed by atoms with van der Waals surface area (Å²) >= 11 is 0. The minimum atomic E-state index is 0.328. The van der Waals surface area contributed by atoms with Gasteiger partial charge in [0.25, 0.3) is 0 Å². The standard InChI is InChI=1S/C28H23N2O/c1-17-15-19(3)30(5)24(16-17)25-18(2)11-12-21-22-13-14-23(29-4)26(28(22)31-27(21)25)20-9-7-6-8-10-20/h6-16H,1-3,5H3/q+1/i15D,16D. The van der Waals surface area contributed by atoms with Crippen molar-refractivity contribution < 1.29 is 11.7 Å². The molecular formula is C28H23N2O+. The van der Waals surface area contributed by atoms with E-state index in [0.29, 0.717) is 34.5 Å². The van der Waals surface area contributed by atoms with Crippen LogP contribution in [0.15, 0.2) is 71.1 Å². The van der Waals surface area contributed by atoms with E-state index in [0.717, 1.165) is 44.4 Å². The van der Waals surface area contributed by atoms with E-state index in [2.05, 4.69) is 17.0 Å². The van der Waals surface area contributed by atoms with Gasteiger partial charge >= 0.3 is 0 Å². The number of fused-ring (bicyclic) bond motifs is 3. The Morgan fingerprint density at radius 1 is 0.871 bits per heavy atom. The van der Waals surface area contributed by atoms with E-state index in [9.17, 15) is 0 Å². The van der Waals surface area contributed by atoms with Crippen LogP contribution < -0.4 is 4.57 Å². The highest BCUT2D eigenvalue weighted by molar-refractivity contribution is 6.15. The molecule has 3 nitrogen and oxygen atoms in total. The van der Waals surface area contributed by atoms with Gasteiger partial charge in [-0.15, -0.1) is 0 Å².